The lowest BCUT2D eigenvalue weighted by Crippen LogP contribution is -2.24. The average molecular weight is 290 g/mol. The molecule has 0 aliphatic heterocycles. The Morgan fingerprint density at radius 1 is 1.33 bits per heavy atom. The molecule has 1 aliphatic rings. The van der Waals surface area contributed by atoms with Crippen LogP contribution in [0, 0.1) is 5.41 Å². The molecule has 0 unspecified atom stereocenters. The van der Waals surface area contributed by atoms with Crippen molar-refractivity contribution in [2.45, 2.75) is 33.0 Å². The van der Waals surface area contributed by atoms with E-state index in [2.05, 4.69) is 13.0 Å². The first-order valence-corrected chi connectivity index (χ1v) is 7.26. The molecular weight excluding hydrogens is 268 g/mol. The third-order valence-electron chi connectivity index (χ3n) is 3.43. The number of benzene rings is 1. The smallest absolute Gasteiger partial charge is 0.435 e. The molecule has 0 heterocycles. The predicted octanol–water partition coefficient (Wildman–Crippen LogP) is 3.71. The molecule has 4 nitrogen and oxygen atoms in total. The predicted molar refractivity (Wildman–Crippen MR) is 79.9 cm³/mol. The van der Waals surface area contributed by atoms with Crippen LogP contribution in [-0.2, 0) is 20.8 Å². The van der Waals surface area contributed by atoms with Crippen LogP contribution in [0.3, 0.4) is 0 Å². The first kappa shape index (κ1) is 15.6. The summed E-state index contributed by atoms with van der Waals surface area (Å²) < 4.78 is 15.8. The van der Waals surface area contributed by atoms with E-state index in [0.717, 1.165) is 12.0 Å². The van der Waals surface area contributed by atoms with E-state index in [1.165, 1.54) is 0 Å². The number of hydrogen-bond acceptors (Lipinski definition) is 4. The minimum atomic E-state index is -0.610. The van der Waals surface area contributed by atoms with Gasteiger partial charge in [0, 0.05) is 5.41 Å². The highest BCUT2D eigenvalue weighted by atomic mass is 16.7. The van der Waals surface area contributed by atoms with E-state index in [9.17, 15) is 4.79 Å². The molecule has 0 N–H and O–H groups in total. The highest BCUT2D eigenvalue weighted by Crippen LogP contribution is 2.33. The maximum Gasteiger partial charge on any atom is 0.508 e. The lowest BCUT2D eigenvalue weighted by molar-refractivity contribution is 0.0188. The second-order valence-electron chi connectivity index (χ2n) is 5.53. The summed E-state index contributed by atoms with van der Waals surface area (Å²) in [5.74, 6) is 0. The van der Waals surface area contributed by atoms with Crippen molar-refractivity contribution in [1.29, 1.82) is 0 Å². The van der Waals surface area contributed by atoms with Crippen LogP contribution in [-0.4, -0.2) is 25.5 Å². The molecule has 0 saturated heterocycles. The van der Waals surface area contributed by atoms with Gasteiger partial charge in [-0.05, 0) is 25.0 Å². The van der Waals surface area contributed by atoms with Gasteiger partial charge in [-0.25, -0.2) is 4.79 Å². The minimum Gasteiger partial charge on any atom is -0.435 e. The Balaban J connectivity index is 1.74. The van der Waals surface area contributed by atoms with Gasteiger partial charge in [0.1, 0.15) is 6.10 Å². The minimum absolute atomic E-state index is 0.105. The van der Waals surface area contributed by atoms with Gasteiger partial charge < -0.3 is 14.2 Å². The van der Waals surface area contributed by atoms with E-state index in [4.69, 9.17) is 14.2 Å². The third-order valence-corrected chi connectivity index (χ3v) is 3.43. The molecule has 21 heavy (non-hydrogen) atoms. The Morgan fingerprint density at radius 3 is 2.81 bits per heavy atom. The van der Waals surface area contributed by atoms with Gasteiger partial charge in [0.15, 0.2) is 0 Å². The maximum absolute atomic E-state index is 11.3. The van der Waals surface area contributed by atoms with Crippen LogP contribution in [0.2, 0.25) is 0 Å². The largest absolute Gasteiger partial charge is 0.508 e. The lowest BCUT2D eigenvalue weighted by Gasteiger charge is -2.23. The topological polar surface area (TPSA) is 44.8 Å². The Hall–Kier alpha value is -1.81. The van der Waals surface area contributed by atoms with Crippen molar-refractivity contribution in [3.63, 3.8) is 0 Å². The monoisotopic (exact) mass is 290 g/mol. The Bertz CT molecular complexity index is 483. The van der Waals surface area contributed by atoms with Crippen LogP contribution in [0.5, 0.6) is 0 Å². The van der Waals surface area contributed by atoms with Gasteiger partial charge in [0.25, 0.3) is 0 Å². The fourth-order valence-electron chi connectivity index (χ4n) is 2.38. The zero-order valence-corrected chi connectivity index (χ0v) is 12.6. The lowest BCUT2D eigenvalue weighted by atomic mass is 9.91. The maximum atomic E-state index is 11.3. The normalized spacial score (nSPS) is 24.0. The summed E-state index contributed by atoms with van der Waals surface area (Å²) in [7, 11) is 0. The van der Waals surface area contributed by atoms with Crippen molar-refractivity contribution >= 4 is 6.16 Å². The standard InChI is InChI=1S/C17H22O4/c1-3-20-16(18)21-15-9-10-17(2,11-15)13-19-12-14-7-5-4-6-8-14/h4-10,15H,3,11-13H2,1-2H3/t15-,17+/m0/s1. The van der Waals surface area contributed by atoms with Gasteiger partial charge in [-0.1, -0.05) is 43.3 Å². The van der Waals surface area contributed by atoms with Gasteiger partial charge in [-0.2, -0.15) is 0 Å². The molecule has 0 spiro atoms. The zero-order chi connectivity index (χ0) is 15.1. The third kappa shape index (κ3) is 4.90. The van der Waals surface area contributed by atoms with Crippen LogP contribution in [0.15, 0.2) is 42.5 Å². The van der Waals surface area contributed by atoms with E-state index < -0.39 is 6.16 Å². The highest BCUT2D eigenvalue weighted by molar-refractivity contribution is 5.60. The number of rotatable bonds is 6. The molecule has 0 bridgehead atoms. The molecular formula is C17H22O4. The zero-order valence-electron chi connectivity index (χ0n) is 12.6. The summed E-state index contributed by atoms with van der Waals surface area (Å²) in [6, 6.07) is 10.1. The summed E-state index contributed by atoms with van der Waals surface area (Å²) >= 11 is 0. The van der Waals surface area contributed by atoms with Crippen molar-refractivity contribution in [3.8, 4) is 0 Å². The summed E-state index contributed by atoms with van der Waals surface area (Å²) in [4.78, 5) is 11.3. The molecule has 2 rings (SSSR count). The SMILES string of the molecule is CCOC(=O)O[C@H]1C=C[C@@](C)(COCc2ccccc2)C1. The van der Waals surface area contributed by atoms with Crippen molar-refractivity contribution < 1.29 is 19.0 Å². The van der Waals surface area contributed by atoms with Crippen molar-refractivity contribution in [2.24, 2.45) is 5.41 Å². The van der Waals surface area contributed by atoms with Gasteiger partial charge in [-0.3, -0.25) is 0 Å². The van der Waals surface area contributed by atoms with Crippen LogP contribution in [0.25, 0.3) is 0 Å². The van der Waals surface area contributed by atoms with E-state index in [-0.39, 0.29) is 11.5 Å². The molecule has 1 aromatic carbocycles. The summed E-state index contributed by atoms with van der Waals surface area (Å²) in [5.41, 5.74) is 1.05. The Kier molecular flexibility index (Phi) is 5.39. The fraction of sp³-hybridized carbons (Fsp3) is 0.471. The molecule has 0 aromatic heterocycles. The van der Waals surface area contributed by atoms with E-state index in [0.29, 0.717) is 19.8 Å². The molecule has 0 radical (unpaired) electrons. The van der Waals surface area contributed by atoms with E-state index >= 15 is 0 Å². The Labute approximate surface area is 125 Å². The molecule has 0 fully saturated rings. The van der Waals surface area contributed by atoms with Gasteiger partial charge in [-0.15, -0.1) is 0 Å². The van der Waals surface area contributed by atoms with Gasteiger partial charge in [0.05, 0.1) is 19.8 Å². The number of hydrogen-bond donors (Lipinski definition) is 0. The summed E-state index contributed by atoms with van der Waals surface area (Å²) in [5, 5.41) is 0. The number of carbonyl (C=O) groups is 1. The number of carbonyl (C=O) groups excluding carboxylic acids is 1. The molecule has 0 saturated carbocycles. The molecule has 1 aromatic rings. The van der Waals surface area contributed by atoms with Crippen molar-refractivity contribution in [1.82, 2.24) is 0 Å². The first-order valence-electron chi connectivity index (χ1n) is 7.26. The fourth-order valence-corrected chi connectivity index (χ4v) is 2.38. The van der Waals surface area contributed by atoms with Crippen LogP contribution in [0.1, 0.15) is 25.8 Å². The van der Waals surface area contributed by atoms with Crippen LogP contribution < -0.4 is 0 Å². The quantitative estimate of drug-likeness (QED) is 0.592. The van der Waals surface area contributed by atoms with Gasteiger partial charge >= 0.3 is 6.16 Å². The average Bonchev–Trinajstić information content (AvgIpc) is 2.81. The van der Waals surface area contributed by atoms with Gasteiger partial charge in [0.2, 0.25) is 0 Å². The van der Waals surface area contributed by atoms with Crippen LogP contribution >= 0.6 is 0 Å². The second kappa shape index (κ2) is 7.27. The summed E-state index contributed by atoms with van der Waals surface area (Å²) in [6.45, 7) is 5.37. The highest BCUT2D eigenvalue weighted by Gasteiger charge is 2.32. The number of ether oxygens (including phenoxy) is 3. The van der Waals surface area contributed by atoms with E-state index in [1.54, 1.807) is 6.92 Å². The second-order valence-corrected chi connectivity index (χ2v) is 5.53. The van der Waals surface area contributed by atoms with E-state index in [1.807, 2.05) is 36.4 Å². The van der Waals surface area contributed by atoms with Crippen molar-refractivity contribution in [3.05, 3.63) is 48.0 Å². The van der Waals surface area contributed by atoms with Crippen LogP contribution in [0.4, 0.5) is 4.79 Å². The Morgan fingerprint density at radius 2 is 2.10 bits per heavy atom. The van der Waals surface area contributed by atoms with Crippen molar-refractivity contribution in [2.75, 3.05) is 13.2 Å². The first-order chi connectivity index (χ1) is 10.1. The molecule has 4 heteroatoms. The molecule has 0 amide bonds. The molecule has 1 aliphatic carbocycles. The summed E-state index contributed by atoms with van der Waals surface area (Å²) in [6.07, 6.45) is 3.85. The molecule has 114 valence electrons. The molecule has 2 atom stereocenters.